The summed E-state index contributed by atoms with van der Waals surface area (Å²) in [4.78, 5) is 4.15. The molecule has 84 valence electrons. The first-order valence-corrected chi connectivity index (χ1v) is 6.30. The van der Waals surface area contributed by atoms with E-state index >= 15 is 0 Å². The van der Waals surface area contributed by atoms with Gasteiger partial charge in [0.25, 0.3) is 0 Å². The van der Waals surface area contributed by atoms with E-state index in [-0.39, 0.29) is 5.75 Å². The van der Waals surface area contributed by atoms with Gasteiger partial charge >= 0.3 is 0 Å². The standard InChI is InChI=1S/C11H18N2OS/c1-3-4-15-7-9-6-13-8(2)11(14)10(9)5-12/h6,14H,3-5,7,12H2,1-2H3. The molecule has 0 atom stereocenters. The molecule has 0 aliphatic carbocycles. The Hall–Kier alpha value is -0.740. The van der Waals surface area contributed by atoms with Crippen molar-refractivity contribution >= 4 is 11.8 Å². The van der Waals surface area contributed by atoms with E-state index in [9.17, 15) is 5.11 Å². The van der Waals surface area contributed by atoms with Gasteiger partial charge in [-0.3, -0.25) is 4.98 Å². The second-order valence-corrected chi connectivity index (χ2v) is 4.56. The molecule has 0 bridgehead atoms. The third kappa shape index (κ3) is 3.11. The lowest BCUT2D eigenvalue weighted by molar-refractivity contribution is 0.459. The van der Waals surface area contributed by atoms with Gasteiger partial charge in [-0.15, -0.1) is 0 Å². The highest BCUT2D eigenvalue weighted by Crippen LogP contribution is 2.26. The molecule has 15 heavy (non-hydrogen) atoms. The Kier molecular flexibility index (Phi) is 4.91. The average molecular weight is 226 g/mol. The van der Waals surface area contributed by atoms with Gasteiger partial charge in [0.15, 0.2) is 0 Å². The highest BCUT2D eigenvalue weighted by molar-refractivity contribution is 7.98. The SMILES string of the molecule is CCCSCc1cnc(C)c(O)c1CN. The highest BCUT2D eigenvalue weighted by Gasteiger charge is 2.09. The number of aromatic nitrogens is 1. The fourth-order valence-electron chi connectivity index (χ4n) is 1.36. The lowest BCUT2D eigenvalue weighted by atomic mass is 10.1. The van der Waals surface area contributed by atoms with Gasteiger partial charge in [-0.25, -0.2) is 0 Å². The zero-order valence-corrected chi connectivity index (χ0v) is 10.1. The van der Waals surface area contributed by atoms with E-state index in [0.29, 0.717) is 12.2 Å². The monoisotopic (exact) mass is 226 g/mol. The topological polar surface area (TPSA) is 59.1 Å². The van der Waals surface area contributed by atoms with Crippen LogP contribution in [0.15, 0.2) is 6.20 Å². The molecule has 4 heteroatoms. The second-order valence-electron chi connectivity index (χ2n) is 3.45. The number of aryl methyl sites for hydroxylation is 1. The van der Waals surface area contributed by atoms with Crippen molar-refractivity contribution < 1.29 is 5.11 Å². The van der Waals surface area contributed by atoms with Crippen LogP contribution < -0.4 is 5.73 Å². The zero-order chi connectivity index (χ0) is 11.3. The Morgan fingerprint density at radius 3 is 2.87 bits per heavy atom. The summed E-state index contributed by atoms with van der Waals surface area (Å²) in [6.07, 6.45) is 2.98. The van der Waals surface area contributed by atoms with Crippen LogP contribution in [-0.4, -0.2) is 15.8 Å². The minimum absolute atomic E-state index is 0.257. The van der Waals surface area contributed by atoms with Gasteiger partial charge in [0.2, 0.25) is 0 Å². The zero-order valence-electron chi connectivity index (χ0n) is 9.29. The number of hydrogen-bond donors (Lipinski definition) is 2. The Morgan fingerprint density at radius 2 is 2.27 bits per heavy atom. The maximum atomic E-state index is 9.78. The summed E-state index contributed by atoms with van der Waals surface area (Å²) in [5.74, 6) is 2.26. The first kappa shape index (κ1) is 12.3. The van der Waals surface area contributed by atoms with Gasteiger partial charge < -0.3 is 10.8 Å². The maximum Gasteiger partial charge on any atom is 0.141 e. The van der Waals surface area contributed by atoms with Gasteiger partial charge in [0.05, 0.1) is 5.69 Å². The van der Waals surface area contributed by atoms with Crippen molar-refractivity contribution in [3.05, 3.63) is 23.0 Å². The molecule has 1 rings (SSSR count). The van der Waals surface area contributed by atoms with E-state index in [1.54, 1.807) is 6.92 Å². The third-order valence-electron chi connectivity index (χ3n) is 2.24. The number of hydrogen-bond acceptors (Lipinski definition) is 4. The Labute approximate surface area is 95.1 Å². The van der Waals surface area contributed by atoms with Crippen molar-refractivity contribution in [3.63, 3.8) is 0 Å². The number of rotatable bonds is 5. The molecule has 3 N–H and O–H groups in total. The van der Waals surface area contributed by atoms with Gasteiger partial charge in [-0.05, 0) is 24.7 Å². The van der Waals surface area contributed by atoms with Crippen molar-refractivity contribution in [2.24, 2.45) is 5.73 Å². The fraction of sp³-hybridized carbons (Fsp3) is 0.545. The van der Waals surface area contributed by atoms with Crippen LogP contribution in [0.5, 0.6) is 5.75 Å². The van der Waals surface area contributed by atoms with E-state index in [2.05, 4.69) is 11.9 Å². The van der Waals surface area contributed by atoms with Gasteiger partial charge in [0.1, 0.15) is 5.75 Å². The Balaban J connectivity index is 2.83. The van der Waals surface area contributed by atoms with Crippen molar-refractivity contribution in [1.82, 2.24) is 4.98 Å². The molecule has 0 radical (unpaired) electrons. The average Bonchev–Trinajstić information content (AvgIpc) is 2.24. The van der Waals surface area contributed by atoms with Gasteiger partial charge in [-0.1, -0.05) is 6.92 Å². The predicted octanol–water partition coefficient (Wildman–Crippen LogP) is 2.20. The minimum atomic E-state index is 0.257. The van der Waals surface area contributed by atoms with E-state index in [1.165, 1.54) is 0 Å². The number of thioether (sulfide) groups is 1. The summed E-state index contributed by atoms with van der Waals surface area (Å²) < 4.78 is 0. The molecule has 1 heterocycles. The van der Waals surface area contributed by atoms with Crippen LogP contribution in [-0.2, 0) is 12.3 Å². The van der Waals surface area contributed by atoms with Crippen LogP contribution in [0, 0.1) is 6.92 Å². The summed E-state index contributed by atoms with van der Waals surface area (Å²) in [7, 11) is 0. The number of pyridine rings is 1. The summed E-state index contributed by atoms with van der Waals surface area (Å²) >= 11 is 1.84. The molecule has 0 aromatic carbocycles. The Morgan fingerprint density at radius 1 is 1.53 bits per heavy atom. The van der Waals surface area contributed by atoms with Crippen LogP contribution in [0.4, 0.5) is 0 Å². The molecule has 0 saturated heterocycles. The van der Waals surface area contributed by atoms with Gasteiger partial charge in [0, 0.05) is 24.1 Å². The second kappa shape index (κ2) is 5.98. The fourth-order valence-corrected chi connectivity index (χ4v) is 2.26. The van der Waals surface area contributed by atoms with E-state index in [0.717, 1.165) is 29.1 Å². The summed E-state index contributed by atoms with van der Waals surface area (Å²) in [5, 5.41) is 9.78. The first-order valence-electron chi connectivity index (χ1n) is 5.14. The number of nitrogens with two attached hydrogens (primary N) is 1. The van der Waals surface area contributed by atoms with Crippen LogP contribution in [0.2, 0.25) is 0 Å². The van der Waals surface area contributed by atoms with E-state index in [4.69, 9.17) is 5.73 Å². The van der Waals surface area contributed by atoms with Crippen molar-refractivity contribution in [2.45, 2.75) is 32.6 Å². The summed E-state index contributed by atoms with van der Waals surface area (Å²) in [5.41, 5.74) is 8.17. The molecule has 0 aliphatic rings. The molecule has 0 amide bonds. The molecule has 0 aliphatic heterocycles. The van der Waals surface area contributed by atoms with Crippen LogP contribution in [0.1, 0.15) is 30.2 Å². The minimum Gasteiger partial charge on any atom is -0.506 e. The summed E-state index contributed by atoms with van der Waals surface area (Å²) in [6, 6.07) is 0. The van der Waals surface area contributed by atoms with Gasteiger partial charge in [-0.2, -0.15) is 11.8 Å². The Bertz CT molecular complexity index is 329. The molecular formula is C11H18N2OS. The maximum absolute atomic E-state index is 9.78. The molecule has 3 nitrogen and oxygen atoms in total. The molecule has 0 saturated carbocycles. The normalized spacial score (nSPS) is 10.6. The van der Waals surface area contributed by atoms with Crippen molar-refractivity contribution in [3.8, 4) is 5.75 Å². The van der Waals surface area contributed by atoms with Crippen LogP contribution in [0.25, 0.3) is 0 Å². The van der Waals surface area contributed by atoms with Crippen molar-refractivity contribution in [2.75, 3.05) is 5.75 Å². The smallest absolute Gasteiger partial charge is 0.141 e. The quantitative estimate of drug-likeness (QED) is 0.756. The van der Waals surface area contributed by atoms with E-state index in [1.807, 2.05) is 18.0 Å². The largest absolute Gasteiger partial charge is 0.506 e. The van der Waals surface area contributed by atoms with Crippen molar-refractivity contribution in [1.29, 1.82) is 0 Å². The van der Waals surface area contributed by atoms with Crippen LogP contribution in [0.3, 0.4) is 0 Å². The number of aromatic hydroxyl groups is 1. The molecular weight excluding hydrogens is 208 g/mol. The highest BCUT2D eigenvalue weighted by atomic mass is 32.2. The molecule has 0 spiro atoms. The molecule has 0 unspecified atom stereocenters. The lowest BCUT2D eigenvalue weighted by Gasteiger charge is -2.10. The molecule has 0 fully saturated rings. The van der Waals surface area contributed by atoms with Crippen LogP contribution >= 0.6 is 11.8 Å². The first-order chi connectivity index (χ1) is 7.20. The summed E-state index contributed by atoms with van der Waals surface area (Å²) in [6.45, 7) is 4.32. The predicted molar refractivity (Wildman–Crippen MR) is 65.0 cm³/mol. The number of nitrogens with zero attached hydrogens (tertiary/aromatic N) is 1. The lowest BCUT2D eigenvalue weighted by Crippen LogP contribution is -2.04. The molecule has 1 aromatic rings. The van der Waals surface area contributed by atoms with E-state index < -0.39 is 0 Å². The third-order valence-corrected chi connectivity index (χ3v) is 3.45. The molecule has 1 aromatic heterocycles.